The molecule has 0 fully saturated rings. The third kappa shape index (κ3) is 2.35. The van der Waals surface area contributed by atoms with Crippen LogP contribution in [-0.2, 0) is 0 Å². The number of fused-ring (bicyclic) bond motifs is 1. The Labute approximate surface area is 126 Å². The molecule has 0 spiro atoms. The first kappa shape index (κ1) is 13.3. The van der Waals surface area contributed by atoms with E-state index in [9.17, 15) is 4.79 Å². The van der Waals surface area contributed by atoms with Gasteiger partial charge in [0.25, 0.3) is 0 Å². The van der Waals surface area contributed by atoms with Crippen LogP contribution in [0.2, 0.25) is 10.0 Å². The van der Waals surface area contributed by atoms with E-state index in [1.165, 1.54) is 0 Å². The molecular weight excluding hydrogens is 297 g/mol. The van der Waals surface area contributed by atoms with Gasteiger partial charge in [-0.3, -0.25) is 4.79 Å². The second kappa shape index (κ2) is 5.00. The van der Waals surface area contributed by atoms with Crippen molar-refractivity contribution < 1.29 is 9.53 Å². The number of halogens is 2. The van der Waals surface area contributed by atoms with Crippen LogP contribution in [-0.4, -0.2) is 5.78 Å². The Morgan fingerprint density at radius 3 is 2.50 bits per heavy atom. The summed E-state index contributed by atoms with van der Waals surface area (Å²) in [6.07, 6.45) is -0.0928. The average molecular weight is 308 g/mol. The molecule has 1 unspecified atom stereocenters. The second-order valence-electron chi connectivity index (χ2n) is 4.66. The van der Waals surface area contributed by atoms with Gasteiger partial charge in [0.1, 0.15) is 6.10 Å². The zero-order valence-corrected chi connectivity index (χ0v) is 11.9. The van der Waals surface area contributed by atoms with E-state index in [1.54, 1.807) is 24.3 Å². The first-order valence-electron chi connectivity index (χ1n) is 6.09. The van der Waals surface area contributed by atoms with Gasteiger partial charge in [-0.05, 0) is 29.8 Å². The van der Waals surface area contributed by atoms with Crippen LogP contribution in [0.4, 0.5) is 5.69 Å². The molecule has 2 aromatic carbocycles. The molecule has 2 N–H and O–H groups in total. The summed E-state index contributed by atoms with van der Waals surface area (Å²) in [4.78, 5) is 12.2. The van der Waals surface area contributed by atoms with Crippen LogP contribution in [0.15, 0.2) is 36.4 Å². The molecule has 3 nitrogen and oxygen atoms in total. The molecule has 0 saturated heterocycles. The predicted molar refractivity (Wildman–Crippen MR) is 79.6 cm³/mol. The Kier molecular flexibility index (Phi) is 3.32. The van der Waals surface area contributed by atoms with Crippen LogP contribution in [0.3, 0.4) is 0 Å². The van der Waals surface area contributed by atoms with E-state index in [4.69, 9.17) is 33.7 Å². The Morgan fingerprint density at radius 2 is 1.80 bits per heavy atom. The number of nitrogen functional groups attached to an aromatic ring is 1. The van der Waals surface area contributed by atoms with Crippen LogP contribution >= 0.6 is 23.2 Å². The van der Waals surface area contributed by atoms with Crippen molar-refractivity contribution in [3.8, 4) is 5.75 Å². The van der Waals surface area contributed by atoms with Crippen molar-refractivity contribution in [3.05, 3.63) is 57.6 Å². The summed E-state index contributed by atoms with van der Waals surface area (Å²) >= 11 is 11.8. The van der Waals surface area contributed by atoms with Crippen LogP contribution in [0, 0.1) is 0 Å². The largest absolute Gasteiger partial charge is 0.482 e. The minimum Gasteiger partial charge on any atom is -0.482 e. The van der Waals surface area contributed by atoms with E-state index >= 15 is 0 Å². The van der Waals surface area contributed by atoms with Crippen molar-refractivity contribution >= 4 is 34.7 Å². The summed E-state index contributed by atoms with van der Waals surface area (Å²) in [5.74, 6) is 0.381. The molecule has 102 valence electrons. The lowest BCUT2D eigenvalue weighted by atomic mass is 9.96. The maximum absolute atomic E-state index is 12.2. The molecule has 2 aromatic rings. The maximum Gasteiger partial charge on any atom is 0.170 e. The van der Waals surface area contributed by atoms with Gasteiger partial charge in [-0.2, -0.15) is 0 Å². The highest BCUT2D eigenvalue weighted by atomic mass is 35.5. The number of hydrogen-bond acceptors (Lipinski definition) is 3. The monoisotopic (exact) mass is 307 g/mol. The van der Waals surface area contributed by atoms with Gasteiger partial charge in [0.2, 0.25) is 0 Å². The first-order chi connectivity index (χ1) is 9.54. The molecule has 0 amide bonds. The van der Waals surface area contributed by atoms with Crippen LogP contribution in [0.5, 0.6) is 5.75 Å². The lowest BCUT2D eigenvalue weighted by Gasteiger charge is -2.26. The molecule has 0 radical (unpaired) electrons. The number of benzene rings is 2. The molecule has 0 bridgehead atoms. The summed E-state index contributed by atoms with van der Waals surface area (Å²) in [5.41, 5.74) is 7.60. The van der Waals surface area contributed by atoms with Crippen molar-refractivity contribution in [1.82, 2.24) is 0 Å². The van der Waals surface area contributed by atoms with Crippen molar-refractivity contribution in [2.75, 3.05) is 5.73 Å². The molecule has 3 rings (SSSR count). The zero-order valence-electron chi connectivity index (χ0n) is 10.4. The van der Waals surface area contributed by atoms with Gasteiger partial charge in [0.15, 0.2) is 11.5 Å². The molecule has 1 aliphatic heterocycles. The molecule has 1 aliphatic rings. The van der Waals surface area contributed by atoms with Crippen LogP contribution in [0.1, 0.15) is 28.4 Å². The van der Waals surface area contributed by atoms with Gasteiger partial charge in [0.05, 0.1) is 17.7 Å². The minimum absolute atomic E-state index is 0.0274. The van der Waals surface area contributed by atoms with E-state index in [0.717, 1.165) is 5.56 Å². The third-order valence-electron chi connectivity index (χ3n) is 3.26. The predicted octanol–water partition coefficient (Wildman–Crippen LogP) is 4.28. The Bertz CT molecular complexity index is 683. The minimum atomic E-state index is -0.351. The van der Waals surface area contributed by atoms with Gasteiger partial charge in [0, 0.05) is 10.0 Å². The number of carbonyl (C=O) groups is 1. The quantitative estimate of drug-likeness (QED) is 0.800. The maximum atomic E-state index is 12.2. The summed E-state index contributed by atoms with van der Waals surface area (Å²) in [7, 11) is 0. The van der Waals surface area contributed by atoms with E-state index in [1.807, 2.05) is 12.1 Å². The highest BCUT2D eigenvalue weighted by molar-refractivity contribution is 6.31. The van der Waals surface area contributed by atoms with Crippen molar-refractivity contribution in [3.63, 3.8) is 0 Å². The average Bonchev–Trinajstić information content (AvgIpc) is 2.40. The number of anilines is 1. The molecule has 1 heterocycles. The fraction of sp³-hybridized carbons (Fsp3) is 0.133. The number of Topliss-reactive ketones (excluding diaryl/α,β-unsaturated/α-hetero) is 1. The lowest BCUT2D eigenvalue weighted by Crippen LogP contribution is -2.21. The summed E-state index contributed by atoms with van der Waals surface area (Å²) < 4.78 is 5.87. The zero-order chi connectivity index (χ0) is 14.3. The summed E-state index contributed by atoms with van der Waals surface area (Å²) in [5, 5.41) is 1.07. The number of nitrogens with two attached hydrogens (primary N) is 1. The fourth-order valence-corrected chi connectivity index (χ4v) is 2.63. The molecule has 1 atom stereocenters. The summed E-state index contributed by atoms with van der Waals surface area (Å²) in [6, 6.07) is 10.4. The SMILES string of the molecule is Nc1cc(Cl)cc2c1OC(c1ccc(Cl)cc1)CC2=O. The molecule has 0 aliphatic carbocycles. The molecule has 20 heavy (non-hydrogen) atoms. The van der Waals surface area contributed by atoms with E-state index in [-0.39, 0.29) is 18.3 Å². The third-order valence-corrected chi connectivity index (χ3v) is 3.73. The highest BCUT2D eigenvalue weighted by Crippen LogP contribution is 2.40. The van der Waals surface area contributed by atoms with Gasteiger partial charge in [-0.15, -0.1) is 0 Å². The second-order valence-corrected chi connectivity index (χ2v) is 5.53. The van der Waals surface area contributed by atoms with Gasteiger partial charge in [-0.1, -0.05) is 35.3 Å². The first-order valence-corrected chi connectivity index (χ1v) is 6.84. The van der Waals surface area contributed by atoms with Gasteiger partial charge < -0.3 is 10.5 Å². The smallest absolute Gasteiger partial charge is 0.170 e. The van der Waals surface area contributed by atoms with Crippen LogP contribution in [0.25, 0.3) is 0 Å². The van der Waals surface area contributed by atoms with Crippen LogP contribution < -0.4 is 10.5 Å². The molecule has 5 heteroatoms. The number of ether oxygens (including phenoxy) is 1. The van der Waals surface area contributed by atoms with Gasteiger partial charge in [-0.25, -0.2) is 0 Å². The summed E-state index contributed by atoms with van der Waals surface area (Å²) in [6.45, 7) is 0. The van der Waals surface area contributed by atoms with Gasteiger partial charge >= 0.3 is 0 Å². The lowest BCUT2D eigenvalue weighted by molar-refractivity contribution is 0.0851. The molecule has 0 aromatic heterocycles. The number of hydrogen-bond donors (Lipinski definition) is 1. The topological polar surface area (TPSA) is 52.3 Å². The Hall–Kier alpha value is -1.71. The van der Waals surface area contributed by atoms with Crippen molar-refractivity contribution in [1.29, 1.82) is 0 Å². The van der Waals surface area contributed by atoms with Crippen molar-refractivity contribution in [2.24, 2.45) is 0 Å². The standard InChI is InChI=1S/C15H11Cl2NO2/c16-9-3-1-8(2-4-9)14-7-13(19)11-5-10(17)6-12(18)15(11)20-14/h1-6,14H,7,18H2. The van der Waals surface area contributed by atoms with E-state index in [0.29, 0.717) is 27.0 Å². The number of ketones is 1. The Morgan fingerprint density at radius 1 is 1.10 bits per heavy atom. The fourth-order valence-electron chi connectivity index (χ4n) is 2.28. The number of carbonyl (C=O) groups excluding carboxylic acids is 1. The number of rotatable bonds is 1. The highest BCUT2D eigenvalue weighted by Gasteiger charge is 2.29. The Balaban J connectivity index is 2.00. The van der Waals surface area contributed by atoms with Crippen molar-refractivity contribution in [2.45, 2.75) is 12.5 Å². The normalized spacial score (nSPS) is 17.5. The molecular formula is C15H11Cl2NO2. The van der Waals surface area contributed by atoms with E-state index < -0.39 is 0 Å². The van der Waals surface area contributed by atoms with E-state index in [2.05, 4.69) is 0 Å². The molecule has 0 saturated carbocycles.